The first-order valence-electron chi connectivity index (χ1n) is 11.3. The maximum atomic E-state index is 12.7. The molecule has 32 heavy (non-hydrogen) atoms. The van der Waals surface area contributed by atoms with Gasteiger partial charge >= 0.3 is 0 Å². The highest BCUT2D eigenvalue weighted by molar-refractivity contribution is 14.0. The Morgan fingerprint density at radius 1 is 1.16 bits per heavy atom. The summed E-state index contributed by atoms with van der Waals surface area (Å²) in [5.74, 6) is 1.94. The van der Waals surface area contributed by atoms with Crippen molar-refractivity contribution < 1.29 is 14.3 Å². The summed E-state index contributed by atoms with van der Waals surface area (Å²) in [6.45, 7) is 4.53. The first-order valence-corrected chi connectivity index (χ1v) is 11.3. The lowest BCUT2D eigenvalue weighted by Crippen LogP contribution is -2.39. The molecule has 2 fully saturated rings. The first kappa shape index (κ1) is 24.5. The third kappa shape index (κ3) is 5.10. The van der Waals surface area contributed by atoms with Crippen LogP contribution in [0.1, 0.15) is 31.7 Å². The molecule has 1 saturated heterocycles. The Bertz CT molecular complexity index is 858. The van der Waals surface area contributed by atoms with E-state index in [1.165, 1.54) is 4.90 Å². The van der Waals surface area contributed by atoms with Gasteiger partial charge in [0.05, 0.1) is 18.4 Å². The molecule has 2 bridgehead atoms. The number of rotatable bonds is 9. The fourth-order valence-electron chi connectivity index (χ4n) is 5.00. The van der Waals surface area contributed by atoms with Crippen LogP contribution in [-0.4, -0.2) is 49.4 Å². The van der Waals surface area contributed by atoms with Gasteiger partial charge in [0.25, 0.3) is 0 Å². The molecule has 2 N–H and O–H groups in total. The zero-order valence-electron chi connectivity index (χ0n) is 18.8. The van der Waals surface area contributed by atoms with Crippen molar-refractivity contribution in [1.82, 2.24) is 15.5 Å². The average Bonchev–Trinajstić information content (AvgIpc) is 3.47. The van der Waals surface area contributed by atoms with Gasteiger partial charge in [-0.1, -0.05) is 31.2 Å². The third-order valence-electron chi connectivity index (χ3n) is 6.47. The van der Waals surface area contributed by atoms with E-state index < -0.39 is 0 Å². The Morgan fingerprint density at radius 2 is 1.88 bits per heavy atom. The molecule has 2 amide bonds. The Labute approximate surface area is 207 Å². The summed E-state index contributed by atoms with van der Waals surface area (Å²) in [6.07, 6.45) is 6.90. The molecular weight excluding hydrogens is 519 g/mol. The predicted molar refractivity (Wildman–Crippen MR) is 135 cm³/mol. The maximum Gasteiger partial charge on any atom is 0.233 e. The summed E-state index contributed by atoms with van der Waals surface area (Å²) in [7, 11) is 1.73. The molecule has 4 rings (SSSR count). The lowest BCUT2D eigenvalue weighted by molar-refractivity contribution is -0.140. The van der Waals surface area contributed by atoms with Crippen LogP contribution in [0.15, 0.2) is 41.4 Å². The average molecular weight is 552 g/mol. The summed E-state index contributed by atoms with van der Waals surface area (Å²) in [5.41, 5.74) is 1.11. The minimum absolute atomic E-state index is 0. The number of imide groups is 1. The Morgan fingerprint density at radius 3 is 2.53 bits per heavy atom. The molecule has 0 radical (unpaired) electrons. The van der Waals surface area contributed by atoms with Crippen molar-refractivity contribution in [3.8, 4) is 5.75 Å². The zero-order valence-corrected chi connectivity index (χ0v) is 21.1. The summed E-state index contributed by atoms with van der Waals surface area (Å²) in [6, 6.07) is 8.02. The van der Waals surface area contributed by atoms with E-state index in [9.17, 15) is 9.59 Å². The Hall–Kier alpha value is -2.10. The highest BCUT2D eigenvalue weighted by Gasteiger charge is 2.58. The molecule has 4 atom stereocenters. The number of carbonyl (C=O) groups excluding carboxylic acids is 2. The Kier molecular flexibility index (Phi) is 8.56. The standard InChI is InChI=1S/C24H32N4O3.HI/c1-3-12-31-19-7-4-6-16(13-19)15-27-24(25-2)26-10-5-11-28-22(29)20-17-8-9-18(14-17)21(20)23(28)30;/h4,6-9,13,17-18,20-21H,3,5,10-12,14-15H2,1-2H3,(H2,25,26,27);1H. The van der Waals surface area contributed by atoms with Gasteiger partial charge < -0.3 is 15.4 Å². The molecule has 1 aliphatic heterocycles. The summed E-state index contributed by atoms with van der Waals surface area (Å²) < 4.78 is 5.68. The molecule has 1 saturated carbocycles. The van der Waals surface area contributed by atoms with E-state index in [0.717, 1.165) is 24.2 Å². The largest absolute Gasteiger partial charge is 0.494 e. The molecule has 7 nitrogen and oxygen atoms in total. The number of guanidine groups is 1. The second kappa shape index (κ2) is 11.2. The number of nitrogens with one attached hydrogen (secondary N) is 2. The second-order valence-electron chi connectivity index (χ2n) is 8.53. The highest BCUT2D eigenvalue weighted by atomic mass is 127. The number of halogens is 1. The predicted octanol–water partition coefficient (Wildman–Crippen LogP) is 2.96. The van der Waals surface area contributed by atoms with Gasteiger partial charge in [-0.2, -0.15) is 0 Å². The van der Waals surface area contributed by atoms with Crippen LogP contribution < -0.4 is 15.4 Å². The van der Waals surface area contributed by atoms with Gasteiger partial charge in [-0.05, 0) is 48.8 Å². The maximum absolute atomic E-state index is 12.7. The van der Waals surface area contributed by atoms with Crippen LogP contribution in [0.5, 0.6) is 5.75 Å². The number of benzene rings is 1. The number of carbonyl (C=O) groups is 2. The molecule has 1 heterocycles. The molecule has 174 valence electrons. The van der Waals surface area contributed by atoms with Crippen molar-refractivity contribution in [3.05, 3.63) is 42.0 Å². The number of hydrogen-bond donors (Lipinski definition) is 2. The SMILES string of the molecule is CCCOc1cccc(CNC(=NC)NCCCN2C(=O)C3C4C=CC(C4)C3C2=O)c1.I. The fourth-order valence-corrected chi connectivity index (χ4v) is 5.00. The van der Waals surface area contributed by atoms with E-state index in [-0.39, 0.29) is 59.5 Å². The summed E-state index contributed by atoms with van der Waals surface area (Å²) in [4.78, 5) is 31.2. The van der Waals surface area contributed by atoms with E-state index in [0.29, 0.717) is 38.6 Å². The van der Waals surface area contributed by atoms with Gasteiger partial charge in [-0.25, -0.2) is 0 Å². The molecular formula is C24H33IN4O3. The first-order chi connectivity index (χ1) is 15.1. The topological polar surface area (TPSA) is 83.0 Å². The van der Waals surface area contributed by atoms with Crippen molar-refractivity contribution in [2.24, 2.45) is 28.7 Å². The fraction of sp³-hybridized carbons (Fsp3) is 0.542. The van der Waals surface area contributed by atoms with Crippen molar-refractivity contribution in [2.45, 2.75) is 32.7 Å². The number of likely N-dealkylation sites (tertiary alicyclic amines) is 1. The van der Waals surface area contributed by atoms with Gasteiger partial charge in [0.2, 0.25) is 11.8 Å². The summed E-state index contributed by atoms with van der Waals surface area (Å²) >= 11 is 0. The van der Waals surface area contributed by atoms with Crippen LogP contribution in [0, 0.1) is 23.7 Å². The van der Waals surface area contributed by atoms with Crippen molar-refractivity contribution in [3.63, 3.8) is 0 Å². The number of ether oxygens (including phenoxy) is 1. The van der Waals surface area contributed by atoms with E-state index in [2.05, 4.69) is 34.7 Å². The quantitative estimate of drug-likeness (QED) is 0.123. The van der Waals surface area contributed by atoms with Crippen LogP contribution in [0.2, 0.25) is 0 Å². The molecule has 3 aliphatic rings. The number of aliphatic imine (C=N–C) groups is 1. The monoisotopic (exact) mass is 552 g/mol. The molecule has 1 aromatic carbocycles. The van der Waals surface area contributed by atoms with E-state index >= 15 is 0 Å². The normalized spacial score (nSPS) is 25.7. The highest BCUT2D eigenvalue weighted by Crippen LogP contribution is 2.52. The van der Waals surface area contributed by atoms with Gasteiger partial charge in [0.1, 0.15) is 5.75 Å². The number of fused-ring (bicyclic) bond motifs is 5. The smallest absolute Gasteiger partial charge is 0.233 e. The number of amides is 2. The lowest BCUT2D eigenvalue weighted by Gasteiger charge is -2.18. The number of allylic oxidation sites excluding steroid dienone is 2. The summed E-state index contributed by atoms with van der Waals surface area (Å²) in [5, 5.41) is 6.56. The Balaban J connectivity index is 0.00000289. The van der Waals surface area contributed by atoms with Crippen molar-refractivity contribution in [2.75, 3.05) is 26.7 Å². The van der Waals surface area contributed by atoms with Gasteiger partial charge in [-0.15, -0.1) is 24.0 Å². The van der Waals surface area contributed by atoms with Gasteiger partial charge in [0, 0.05) is 26.7 Å². The van der Waals surface area contributed by atoms with E-state index in [1.807, 2.05) is 24.3 Å². The molecule has 0 aromatic heterocycles. The minimum atomic E-state index is -0.109. The number of nitrogens with zero attached hydrogens (tertiary/aromatic N) is 2. The van der Waals surface area contributed by atoms with Crippen LogP contribution in [-0.2, 0) is 16.1 Å². The van der Waals surface area contributed by atoms with Crippen LogP contribution in [0.4, 0.5) is 0 Å². The van der Waals surface area contributed by atoms with E-state index in [1.54, 1.807) is 7.05 Å². The molecule has 8 heteroatoms. The van der Waals surface area contributed by atoms with Gasteiger partial charge in [0.15, 0.2) is 5.96 Å². The van der Waals surface area contributed by atoms with Crippen LogP contribution in [0.3, 0.4) is 0 Å². The molecule has 1 aromatic rings. The van der Waals surface area contributed by atoms with Crippen LogP contribution in [0.25, 0.3) is 0 Å². The van der Waals surface area contributed by atoms with E-state index in [4.69, 9.17) is 4.74 Å². The zero-order chi connectivity index (χ0) is 21.8. The van der Waals surface area contributed by atoms with Crippen molar-refractivity contribution >= 4 is 41.8 Å². The van der Waals surface area contributed by atoms with Gasteiger partial charge in [-0.3, -0.25) is 19.5 Å². The third-order valence-corrected chi connectivity index (χ3v) is 6.47. The van der Waals surface area contributed by atoms with Crippen molar-refractivity contribution in [1.29, 1.82) is 0 Å². The second-order valence-corrected chi connectivity index (χ2v) is 8.53. The minimum Gasteiger partial charge on any atom is -0.494 e. The van der Waals surface area contributed by atoms with Crippen LogP contribution >= 0.6 is 24.0 Å². The molecule has 2 aliphatic carbocycles. The molecule has 0 spiro atoms. The lowest BCUT2D eigenvalue weighted by atomic mass is 9.85. The molecule has 4 unspecified atom stereocenters. The number of hydrogen-bond acceptors (Lipinski definition) is 4.